The molecule has 4 nitrogen and oxygen atoms in total. The molecule has 1 aromatic rings. The van der Waals surface area contributed by atoms with E-state index in [0.29, 0.717) is 12.2 Å². The Balaban J connectivity index is 2.62. The van der Waals surface area contributed by atoms with Gasteiger partial charge in [0.1, 0.15) is 0 Å². The van der Waals surface area contributed by atoms with Crippen LogP contribution in [0.2, 0.25) is 0 Å². The molecule has 0 spiro atoms. The van der Waals surface area contributed by atoms with Gasteiger partial charge in [0.05, 0.1) is 5.69 Å². The van der Waals surface area contributed by atoms with Crippen molar-refractivity contribution in [1.82, 2.24) is 9.78 Å². The van der Waals surface area contributed by atoms with Crippen molar-refractivity contribution in [1.29, 1.82) is 0 Å². The van der Waals surface area contributed by atoms with E-state index in [4.69, 9.17) is 5.73 Å². The Morgan fingerprint density at radius 3 is 2.92 bits per heavy atom. The molecule has 1 heterocycles. The number of aryl methyl sites for hydroxylation is 1. The van der Waals surface area contributed by atoms with Crippen LogP contribution >= 0.6 is 0 Å². The fourth-order valence-corrected chi connectivity index (χ4v) is 0.879. The summed E-state index contributed by atoms with van der Waals surface area (Å²) in [5.41, 5.74) is 7.37. The third-order valence-corrected chi connectivity index (χ3v) is 1.41. The molecule has 1 aromatic heterocycles. The van der Waals surface area contributed by atoms with Gasteiger partial charge in [0.25, 0.3) is 0 Å². The van der Waals surface area contributed by atoms with Crippen molar-refractivity contribution >= 4 is 11.5 Å². The largest absolute Gasteiger partial charge is 0.394 e. The van der Waals surface area contributed by atoms with Gasteiger partial charge < -0.3 is 11.1 Å². The van der Waals surface area contributed by atoms with Crippen LogP contribution < -0.4 is 11.1 Å². The summed E-state index contributed by atoms with van der Waals surface area (Å²) in [6.07, 6.45) is 1.76. The van der Waals surface area contributed by atoms with Crippen molar-refractivity contribution in [2.24, 2.45) is 7.05 Å². The van der Waals surface area contributed by atoms with Gasteiger partial charge in [-0.2, -0.15) is 5.10 Å². The minimum atomic E-state index is 0.666. The Hall–Kier alpha value is -1.45. The second-order valence-electron chi connectivity index (χ2n) is 2.92. The monoisotopic (exact) mass is 166 g/mol. The highest BCUT2D eigenvalue weighted by Crippen LogP contribution is 2.13. The van der Waals surface area contributed by atoms with Crippen LogP contribution in [0.15, 0.2) is 18.3 Å². The summed E-state index contributed by atoms with van der Waals surface area (Å²) in [4.78, 5) is 0. The van der Waals surface area contributed by atoms with Crippen molar-refractivity contribution in [3.05, 3.63) is 18.3 Å². The fraction of sp³-hybridized carbons (Fsp3) is 0.375. The molecule has 0 fully saturated rings. The van der Waals surface area contributed by atoms with Crippen LogP contribution in [0.5, 0.6) is 0 Å². The van der Waals surface area contributed by atoms with E-state index in [2.05, 4.69) is 17.0 Å². The highest BCUT2D eigenvalue weighted by atomic mass is 15.3. The molecular formula is C8H14N4. The number of nitrogen functional groups attached to an aromatic ring is 1. The van der Waals surface area contributed by atoms with Gasteiger partial charge >= 0.3 is 0 Å². The minimum absolute atomic E-state index is 0.666. The van der Waals surface area contributed by atoms with Gasteiger partial charge in [-0.05, 0) is 6.92 Å². The Morgan fingerprint density at radius 2 is 2.50 bits per heavy atom. The highest BCUT2D eigenvalue weighted by Gasteiger charge is 2.01. The molecule has 12 heavy (non-hydrogen) atoms. The van der Waals surface area contributed by atoms with Crippen molar-refractivity contribution in [2.45, 2.75) is 6.92 Å². The predicted octanol–water partition coefficient (Wildman–Crippen LogP) is 0.990. The lowest BCUT2D eigenvalue weighted by atomic mass is 10.3. The van der Waals surface area contributed by atoms with E-state index in [1.54, 1.807) is 10.9 Å². The molecule has 4 heteroatoms. The van der Waals surface area contributed by atoms with Crippen LogP contribution in [-0.4, -0.2) is 16.3 Å². The van der Waals surface area contributed by atoms with Crippen molar-refractivity contribution in [3.63, 3.8) is 0 Å². The van der Waals surface area contributed by atoms with Crippen LogP contribution in [0.3, 0.4) is 0 Å². The zero-order valence-corrected chi connectivity index (χ0v) is 7.46. The molecule has 0 aromatic carbocycles. The quantitative estimate of drug-likeness (QED) is 0.658. The summed E-state index contributed by atoms with van der Waals surface area (Å²) in [5, 5.41) is 7.20. The van der Waals surface area contributed by atoms with Crippen LogP contribution in [0, 0.1) is 0 Å². The first-order valence-corrected chi connectivity index (χ1v) is 3.77. The summed E-state index contributed by atoms with van der Waals surface area (Å²) in [6.45, 7) is 6.43. The van der Waals surface area contributed by atoms with Crippen LogP contribution in [0.4, 0.5) is 11.5 Å². The zero-order valence-electron chi connectivity index (χ0n) is 7.46. The number of anilines is 2. The first kappa shape index (κ1) is 8.64. The Morgan fingerprint density at radius 1 is 1.83 bits per heavy atom. The molecular weight excluding hydrogens is 152 g/mol. The number of nitrogens with one attached hydrogen (secondary N) is 1. The van der Waals surface area contributed by atoms with Crippen LogP contribution in [0.25, 0.3) is 0 Å². The maximum absolute atomic E-state index is 5.65. The lowest BCUT2D eigenvalue weighted by Crippen LogP contribution is -2.04. The third-order valence-electron chi connectivity index (χ3n) is 1.41. The van der Waals surface area contributed by atoms with Crippen molar-refractivity contribution < 1.29 is 0 Å². The summed E-state index contributed by atoms with van der Waals surface area (Å²) >= 11 is 0. The van der Waals surface area contributed by atoms with E-state index in [1.807, 2.05) is 14.0 Å². The number of rotatable bonds is 3. The van der Waals surface area contributed by atoms with Gasteiger partial charge in [-0.25, -0.2) is 0 Å². The number of hydrogen-bond acceptors (Lipinski definition) is 3. The van der Waals surface area contributed by atoms with Crippen molar-refractivity contribution in [2.75, 3.05) is 17.6 Å². The molecule has 0 bridgehead atoms. The molecule has 3 N–H and O–H groups in total. The summed E-state index contributed by atoms with van der Waals surface area (Å²) < 4.78 is 1.68. The molecule has 0 aliphatic heterocycles. The molecule has 66 valence electrons. The molecule has 0 unspecified atom stereocenters. The molecule has 0 saturated heterocycles. The first-order chi connectivity index (χ1) is 5.59. The second kappa shape index (κ2) is 3.30. The topological polar surface area (TPSA) is 55.9 Å². The van der Waals surface area contributed by atoms with Gasteiger partial charge in [-0.3, -0.25) is 4.68 Å². The standard InChI is InChI=1S/C8H14N4/c1-6(2)4-10-8-7(9)5-12(3)11-8/h5H,1,4,9H2,2-3H3,(H,10,11). The molecule has 0 saturated carbocycles. The van der Waals surface area contributed by atoms with Gasteiger partial charge in [0, 0.05) is 19.8 Å². The average molecular weight is 166 g/mol. The fourth-order valence-electron chi connectivity index (χ4n) is 0.879. The van der Waals surface area contributed by atoms with Gasteiger partial charge in [-0.15, -0.1) is 0 Å². The SMILES string of the molecule is C=C(C)CNc1nn(C)cc1N. The smallest absolute Gasteiger partial charge is 0.171 e. The predicted molar refractivity (Wildman–Crippen MR) is 50.9 cm³/mol. The lowest BCUT2D eigenvalue weighted by molar-refractivity contribution is 0.769. The molecule has 0 atom stereocenters. The average Bonchev–Trinajstić information content (AvgIpc) is 2.26. The van der Waals surface area contributed by atoms with E-state index in [-0.39, 0.29) is 0 Å². The lowest BCUT2D eigenvalue weighted by Gasteiger charge is -2.01. The third kappa shape index (κ3) is 2.02. The van der Waals surface area contributed by atoms with Crippen LogP contribution in [-0.2, 0) is 7.05 Å². The second-order valence-corrected chi connectivity index (χ2v) is 2.92. The summed E-state index contributed by atoms with van der Waals surface area (Å²) in [7, 11) is 1.84. The summed E-state index contributed by atoms with van der Waals surface area (Å²) in [6, 6.07) is 0. The number of nitrogens with zero attached hydrogens (tertiary/aromatic N) is 2. The van der Waals surface area contributed by atoms with E-state index in [1.165, 1.54) is 0 Å². The van der Waals surface area contributed by atoms with Gasteiger partial charge in [0.15, 0.2) is 5.82 Å². The maximum Gasteiger partial charge on any atom is 0.171 e. The van der Waals surface area contributed by atoms with E-state index in [9.17, 15) is 0 Å². The van der Waals surface area contributed by atoms with E-state index >= 15 is 0 Å². The zero-order chi connectivity index (χ0) is 9.14. The van der Waals surface area contributed by atoms with Gasteiger partial charge in [0.2, 0.25) is 0 Å². The van der Waals surface area contributed by atoms with E-state index in [0.717, 1.165) is 11.4 Å². The molecule has 0 aliphatic rings. The Labute approximate surface area is 72.1 Å². The maximum atomic E-state index is 5.65. The molecule has 0 radical (unpaired) electrons. The van der Waals surface area contributed by atoms with Crippen molar-refractivity contribution in [3.8, 4) is 0 Å². The Kier molecular flexibility index (Phi) is 2.38. The number of hydrogen-bond donors (Lipinski definition) is 2. The highest BCUT2D eigenvalue weighted by molar-refractivity contribution is 5.60. The normalized spacial score (nSPS) is 9.83. The first-order valence-electron chi connectivity index (χ1n) is 3.77. The molecule has 0 aliphatic carbocycles. The Bertz CT molecular complexity index is 287. The number of nitrogens with two attached hydrogens (primary N) is 1. The van der Waals surface area contributed by atoms with Crippen LogP contribution in [0.1, 0.15) is 6.92 Å². The summed E-state index contributed by atoms with van der Waals surface area (Å²) in [5.74, 6) is 0.723. The molecule has 0 amide bonds. The minimum Gasteiger partial charge on any atom is -0.394 e. The van der Waals surface area contributed by atoms with E-state index < -0.39 is 0 Å². The number of aromatic nitrogens is 2. The van der Waals surface area contributed by atoms with Gasteiger partial charge in [-0.1, -0.05) is 12.2 Å². The molecule has 1 rings (SSSR count).